The zero-order chi connectivity index (χ0) is 16.8. The third kappa shape index (κ3) is 4.79. The van der Waals surface area contributed by atoms with Crippen molar-refractivity contribution in [1.82, 2.24) is 0 Å². The summed E-state index contributed by atoms with van der Waals surface area (Å²) in [6, 6.07) is 12.1. The number of nitro benzene ring substituents is 1. The standard InChI is InChI=1S/C15H12ClN3O4/c1-10(20)15(18-17-12-4-2-11(16)3-5-12)23-14-8-6-13(7-9-14)19(21)22/h2-9,17H,1H3/b18-15+. The van der Waals surface area contributed by atoms with Crippen LogP contribution in [0.1, 0.15) is 6.92 Å². The molecule has 2 aromatic rings. The summed E-state index contributed by atoms with van der Waals surface area (Å²) < 4.78 is 5.35. The summed E-state index contributed by atoms with van der Waals surface area (Å²) in [4.78, 5) is 21.6. The van der Waals surface area contributed by atoms with Crippen molar-refractivity contribution in [3.05, 3.63) is 63.7 Å². The number of hydrogen-bond acceptors (Lipinski definition) is 6. The van der Waals surface area contributed by atoms with Crippen LogP contribution in [0.3, 0.4) is 0 Å². The molecule has 8 heteroatoms. The first-order chi connectivity index (χ1) is 11.0. The second kappa shape index (κ2) is 7.37. The molecule has 0 aliphatic rings. The Morgan fingerprint density at radius 2 is 1.78 bits per heavy atom. The van der Waals surface area contributed by atoms with Crippen LogP contribution in [-0.2, 0) is 4.79 Å². The maximum absolute atomic E-state index is 11.6. The third-order valence-corrected chi connectivity index (χ3v) is 2.95. The van der Waals surface area contributed by atoms with Gasteiger partial charge in [-0.2, -0.15) is 0 Å². The first-order valence-corrected chi connectivity index (χ1v) is 6.86. The van der Waals surface area contributed by atoms with Gasteiger partial charge >= 0.3 is 0 Å². The van der Waals surface area contributed by atoms with E-state index in [9.17, 15) is 14.9 Å². The molecule has 0 saturated carbocycles. The van der Waals surface area contributed by atoms with E-state index in [2.05, 4.69) is 10.5 Å². The molecule has 0 amide bonds. The topological polar surface area (TPSA) is 93.8 Å². The van der Waals surface area contributed by atoms with Crippen LogP contribution in [0.2, 0.25) is 5.02 Å². The molecule has 0 atom stereocenters. The lowest BCUT2D eigenvalue weighted by molar-refractivity contribution is -0.384. The second-order valence-corrected chi connectivity index (χ2v) is 4.88. The summed E-state index contributed by atoms with van der Waals surface area (Å²) >= 11 is 5.78. The molecule has 0 bridgehead atoms. The molecule has 118 valence electrons. The number of ether oxygens (including phenoxy) is 1. The smallest absolute Gasteiger partial charge is 0.280 e. The van der Waals surface area contributed by atoms with Crippen LogP contribution in [-0.4, -0.2) is 16.6 Å². The monoisotopic (exact) mass is 333 g/mol. The van der Waals surface area contributed by atoms with Crippen LogP contribution in [0.15, 0.2) is 53.6 Å². The number of carbonyl (C=O) groups excluding carboxylic acids is 1. The number of benzene rings is 2. The highest BCUT2D eigenvalue weighted by Gasteiger charge is 2.11. The van der Waals surface area contributed by atoms with Gasteiger partial charge in [0.2, 0.25) is 5.78 Å². The predicted octanol–water partition coefficient (Wildman–Crippen LogP) is 3.64. The van der Waals surface area contributed by atoms with Crippen molar-refractivity contribution in [1.29, 1.82) is 0 Å². The van der Waals surface area contributed by atoms with Gasteiger partial charge in [0.05, 0.1) is 10.6 Å². The number of halogens is 1. The number of Topliss-reactive ketones (excluding diaryl/α,β-unsaturated/α-hetero) is 1. The number of hydrazone groups is 1. The van der Waals surface area contributed by atoms with E-state index in [-0.39, 0.29) is 17.3 Å². The largest absolute Gasteiger partial charge is 0.435 e. The van der Waals surface area contributed by atoms with Crippen LogP contribution in [0, 0.1) is 10.1 Å². The van der Waals surface area contributed by atoms with E-state index in [1.165, 1.54) is 31.2 Å². The van der Waals surface area contributed by atoms with Gasteiger partial charge in [-0.15, -0.1) is 5.10 Å². The molecule has 2 aromatic carbocycles. The van der Waals surface area contributed by atoms with Crippen molar-refractivity contribution in [2.75, 3.05) is 5.43 Å². The average Bonchev–Trinajstić information content (AvgIpc) is 2.53. The zero-order valence-electron chi connectivity index (χ0n) is 12.0. The Labute approximate surface area is 136 Å². The van der Waals surface area contributed by atoms with Gasteiger partial charge in [0.1, 0.15) is 5.75 Å². The van der Waals surface area contributed by atoms with Gasteiger partial charge in [-0.3, -0.25) is 20.3 Å². The Morgan fingerprint density at radius 3 is 2.30 bits per heavy atom. The van der Waals surface area contributed by atoms with Crippen LogP contribution >= 0.6 is 11.6 Å². The number of rotatable bonds is 5. The molecule has 7 nitrogen and oxygen atoms in total. The fourth-order valence-corrected chi connectivity index (χ4v) is 1.69. The van der Waals surface area contributed by atoms with Crippen molar-refractivity contribution >= 4 is 34.7 Å². The Bertz CT molecular complexity index is 742. The maximum atomic E-state index is 11.6. The Balaban J connectivity index is 2.11. The molecule has 0 fully saturated rings. The van der Waals surface area contributed by atoms with E-state index in [1.54, 1.807) is 24.3 Å². The molecule has 0 unspecified atom stereocenters. The van der Waals surface area contributed by atoms with Crippen LogP contribution < -0.4 is 10.2 Å². The minimum atomic E-state index is -0.522. The molecule has 0 aliphatic heterocycles. The predicted molar refractivity (Wildman–Crippen MR) is 86.9 cm³/mol. The normalized spacial score (nSPS) is 11.0. The summed E-state index contributed by atoms with van der Waals surface area (Å²) in [5.41, 5.74) is 3.23. The Kier molecular flexibility index (Phi) is 5.27. The van der Waals surface area contributed by atoms with Gasteiger partial charge < -0.3 is 4.74 Å². The number of ketones is 1. The quantitative estimate of drug-likeness (QED) is 0.390. The van der Waals surface area contributed by atoms with Crippen molar-refractivity contribution < 1.29 is 14.5 Å². The maximum Gasteiger partial charge on any atom is 0.280 e. The van der Waals surface area contributed by atoms with E-state index in [1.807, 2.05) is 0 Å². The van der Waals surface area contributed by atoms with Crippen molar-refractivity contribution in [3.63, 3.8) is 0 Å². The third-order valence-electron chi connectivity index (χ3n) is 2.69. The molecule has 0 aromatic heterocycles. The van der Waals surface area contributed by atoms with Gasteiger partial charge in [0.25, 0.3) is 11.6 Å². The second-order valence-electron chi connectivity index (χ2n) is 4.44. The van der Waals surface area contributed by atoms with E-state index < -0.39 is 10.7 Å². The molecule has 2 rings (SSSR count). The number of anilines is 1. The molecule has 0 aliphatic carbocycles. The summed E-state index contributed by atoms with van der Waals surface area (Å²) in [6.45, 7) is 1.30. The molecule has 0 saturated heterocycles. The van der Waals surface area contributed by atoms with Gasteiger partial charge in [-0.1, -0.05) is 11.6 Å². The van der Waals surface area contributed by atoms with E-state index in [4.69, 9.17) is 16.3 Å². The number of nitro groups is 1. The van der Waals surface area contributed by atoms with Crippen molar-refractivity contribution in [3.8, 4) is 5.75 Å². The molecular formula is C15H12ClN3O4. The highest BCUT2D eigenvalue weighted by Crippen LogP contribution is 2.18. The molecule has 23 heavy (non-hydrogen) atoms. The lowest BCUT2D eigenvalue weighted by Crippen LogP contribution is -2.19. The first kappa shape index (κ1) is 16.4. The summed E-state index contributed by atoms with van der Waals surface area (Å²) in [7, 11) is 0. The van der Waals surface area contributed by atoms with Gasteiger partial charge in [0.15, 0.2) is 0 Å². The van der Waals surface area contributed by atoms with Gasteiger partial charge in [0, 0.05) is 24.1 Å². The number of nitrogens with zero attached hydrogens (tertiary/aromatic N) is 2. The number of carbonyl (C=O) groups is 1. The Morgan fingerprint density at radius 1 is 1.17 bits per heavy atom. The van der Waals surface area contributed by atoms with Gasteiger partial charge in [-0.25, -0.2) is 0 Å². The van der Waals surface area contributed by atoms with Crippen molar-refractivity contribution in [2.45, 2.75) is 6.92 Å². The molecule has 0 heterocycles. The highest BCUT2D eigenvalue weighted by atomic mass is 35.5. The Hall–Kier alpha value is -2.93. The van der Waals surface area contributed by atoms with Crippen LogP contribution in [0.25, 0.3) is 0 Å². The number of non-ortho nitro benzene ring substituents is 1. The van der Waals surface area contributed by atoms with Crippen LogP contribution in [0.5, 0.6) is 5.75 Å². The summed E-state index contributed by atoms with van der Waals surface area (Å²) in [6.07, 6.45) is 0. The lowest BCUT2D eigenvalue weighted by Gasteiger charge is -2.07. The number of nitrogens with one attached hydrogen (secondary N) is 1. The van der Waals surface area contributed by atoms with Crippen molar-refractivity contribution in [2.24, 2.45) is 5.10 Å². The van der Waals surface area contributed by atoms with Crippen LogP contribution in [0.4, 0.5) is 11.4 Å². The van der Waals surface area contributed by atoms with E-state index in [0.29, 0.717) is 10.7 Å². The zero-order valence-corrected chi connectivity index (χ0v) is 12.8. The average molecular weight is 334 g/mol. The minimum absolute atomic E-state index is 0.0713. The van der Waals surface area contributed by atoms with E-state index >= 15 is 0 Å². The fraction of sp³-hybridized carbons (Fsp3) is 0.0667. The first-order valence-electron chi connectivity index (χ1n) is 6.48. The molecule has 0 spiro atoms. The summed E-state index contributed by atoms with van der Waals surface area (Å²) in [5.74, 6) is -0.305. The summed E-state index contributed by atoms with van der Waals surface area (Å²) in [5, 5.41) is 15.1. The SMILES string of the molecule is CC(=O)/C(=N\Nc1ccc(Cl)cc1)Oc1ccc([N+](=O)[O-])cc1. The minimum Gasteiger partial charge on any atom is -0.435 e. The fourth-order valence-electron chi connectivity index (χ4n) is 1.56. The highest BCUT2D eigenvalue weighted by molar-refractivity contribution is 6.36. The lowest BCUT2D eigenvalue weighted by atomic mass is 10.3. The molecular weight excluding hydrogens is 322 g/mol. The van der Waals surface area contributed by atoms with Gasteiger partial charge in [-0.05, 0) is 36.4 Å². The number of hydrogen-bond donors (Lipinski definition) is 1. The van der Waals surface area contributed by atoms with E-state index in [0.717, 1.165) is 0 Å². The molecule has 1 N–H and O–H groups in total. The molecule has 0 radical (unpaired) electrons.